The molecule has 4 aromatic rings. The minimum absolute atomic E-state index is 0.570. The fourth-order valence-electron chi connectivity index (χ4n) is 2.69. The summed E-state index contributed by atoms with van der Waals surface area (Å²) in [5.41, 5.74) is 4.30. The lowest BCUT2D eigenvalue weighted by Crippen LogP contribution is -1.97. The van der Waals surface area contributed by atoms with Crippen LogP contribution in [-0.4, -0.2) is 15.0 Å². The van der Waals surface area contributed by atoms with E-state index in [9.17, 15) is 0 Å². The van der Waals surface area contributed by atoms with Gasteiger partial charge in [0.25, 0.3) is 0 Å². The Morgan fingerprint density at radius 3 is 2.42 bits per heavy atom. The molecule has 2 heterocycles. The van der Waals surface area contributed by atoms with Gasteiger partial charge in [0.2, 0.25) is 5.88 Å². The van der Waals surface area contributed by atoms with Gasteiger partial charge in [-0.3, -0.25) is 0 Å². The molecule has 5 heteroatoms. The monoisotopic (exact) mass is 342 g/mol. The van der Waals surface area contributed by atoms with Gasteiger partial charge in [-0.2, -0.15) is 0 Å². The van der Waals surface area contributed by atoms with Crippen molar-refractivity contribution in [2.24, 2.45) is 0 Å². The maximum atomic E-state index is 5.72. The molecule has 5 nitrogen and oxygen atoms in total. The summed E-state index contributed by atoms with van der Waals surface area (Å²) in [5, 5.41) is 4.37. The number of benzene rings is 2. The zero-order valence-corrected chi connectivity index (χ0v) is 14.6. The second kappa shape index (κ2) is 6.80. The lowest BCUT2D eigenvalue weighted by Gasteiger charge is -2.11. The van der Waals surface area contributed by atoms with Crippen molar-refractivity contribution in [1.29, 1.82) is 0 Å². The molecule has 2 aromatic carbocycles. The van der Waals surface area contributed by atoms with Crippen LogP contribution in [0.1, 0.15) is 11.1 Å². The minimum Gasteiger partial charge on any atom is -0.439 e. The van der Waals surface area contributed by atoms with Crippen molar-refractivity contribution >= 4 is 22.4 Å². The molecule has 0 fully saturated rings. The van der Waals surface area contributed by atoms with E-state index in [1.165, 1.54) is 11.1 Å². The Morgan fingerprint density at radius 2 is 1.65 bits per heavy atom. The van der Waals surface area contributed by atoms with E-state index in [1.54, 1.807) is 12.5 Å². The SMILES string of the molecule is Cc1cc2ncnc(Nc3ccc(Oc4ccccn4)cc3)c2cc1C. The molecule has 1 N–H and O–H groups in total. The van der Waals surface area contributed by atoms with E-state index in [4.69, 9.17) is 4.74 Å². The number of hydrogen-bond donors (Lipinski definition) is 1. The van der Waals surface area contributed by atoms with E-state index >= 15 is 0 Å². The Labute approximate surface area is 151 Å². The maximum absolute atomic E-state index is 5.72. The van der Waals surface area contributed by atoms with Crippen LogP contribution in [0.3, 0.4) is 0 Å². The molecule has 0 atom stereocenters. The van der Waals surface area contributed by atoms with Crippen molar-refractivity contribution in [3.63, 3.8) is 0 Å². The van der Waals surface area contributed by atoms with Gasteiger partial charge in [-0.25, -0.2) is 15.0 Å². The van der Waals surface area contributed by atoms with Gasteiger partial charge in [0.15, 0.2) is 0 Å². The molecule has 0 radical (unpaired) electrons. The molecule has 0 spiro atoms. The summed E-state index contributed by atoms with van der Waals surface area (Å²) in [7, 11) is 0. The Hall–Kier alpha value is -3.47. The van der Waals surface area contributed by atoms with Crippen molar-refractivity contribution in [3.05, 3.63) is 78.2 Å². The number of aromatic nitrogens is 3. The third kappa shape index (κ3) is 3.32. The van der Waals surface area contributed by atoms with Crippen molar-refractivity contribution < 1.29 is 4.74 Å². The van der Waals surface area contributed by atoms with Crippen LogP contribution in [0.15, 0.2) is 67.1 Å². The van der Waals surface area contributed by atoms with Crippen molar-refractivity contribution in [1.82, 2.24) is 15.0 Å². The number of ether oxygens (including phenoxy) is 1. The quantitative estimate of drug-likeness (QED) is 0.554. The summed E-state index contributed by atoms with van der Waals surface area (Å²) in [4.78, 5) is 12.9. The van der Waals surface area contributed by atoms with Crippen LogP contribution in [0.25, 0.3) is 10.9 Å². The lowest BCUT2D eigenvalue weighted by molar-refractivity contribution is 0.463. The highest BCUT2D eigenvalue weighted by Gasteiger charge is 2.07. The topological polar surface area (TPSA) is 59.9 Å². The van der Waals surface area contributed by atoms with Gasteiger partial charge in [-0.05, 0) is 67.4 Å². The van der Waals surface area contributed by atoms with E-state index < -0.39 is 0 Å². The predicted molar refractivity (Wildman–Crippen MR) is 103 cm³/mol. The maximum Gasteiger partial charge on any atom is 0.219 e. The Kier molecular flexibility index (Phi) is 4.19. The number of nitrogens with one attached hydrogen (secondary N) is 1. The lowest BCUT2D eigenvalue weighted by atomic mass is 10.1. The van der Waals surface area contributed by atoms with Gasteiger partial charge in [-0.1, -0.05) is 6.07 Å². The van der Waals surface area contributed by atoms with Crippen LogP contribution in [0, 0.1) is 13.8 Å². The van der Waals surface area contributed by atoms with Crippen molar-refractivity contribution in [2.45, 2.75) is 13.8 Å². The third-order valence-electron chi connectivity index (χ3n) is 4.23. The van der Waals surface area contributed by atoms with Crippen molar-refractivity contribution in [2.75, 3.05) is 5.32 Å². The Bertz CT molecular complexity index is 1050. The van der Waals surface area contributed by atoms with E-state index in [0.717, 1.165) is 28.2 Å². The fourth-order valence-corrected chi connectivity index (χ4v) is 2.69. The number of anilines is 2. The summed E-state index contributed by atoms with van der Waals surface area (Å²) in [6, 6.07) is 17.5. The first-order valence-corrected chi connectivity index (χ1v) is 8.37. The molecule has 128 valence electrons. The fraction of sp³-hybridized carbons (Fsp3) is 0.0952. The zero-order valence-electron chi connectivity index (χ0n) is 14.6. The smallest absolute Gasteiger partial charge is 0.219 e. The van der Waals surface area contributed by atoms with Gasteiger partial charge in [-0.15, -0.1) is 0 Å². The average molecular weight is 342 g/mol. The number of hydrogen-bond acceptors (Lipinski definition) is 5. The molecular weight excluding hydrogens is 324 g/mol. The molecule has 26 heavy (non-hydrogen) atoms. The molecule has 0 unspecified atom stereocenters. The molecule has 2 aromatic heterocycles. The van der Waals surface area contributed by atoms with Crippen LogP contribution < -0.4 is 10.1 Å². The van der Waals surface area contributed by atoms with Crippen LogP contribution in [0.5, 0.6) is 11.6 Å². The number of aryl methyl sites for hydroxylation is 2. The summed E-state index contributed by atoms with van der Waals surface area (Å²) in [6.45, 7) is 4.18. The largest absolute Gasteiger partial charge is 0.439 e. The normalized spacial score (nSPS) is 10.7. The summed E-state index contributed by atoms with van der Waals surface area (Å²) < 4.78 is 5.72. The standard InChI is InChI=1S/C21H18N4O/c1-14-11-18-19(12-15(14)2)23-13-24-21(18)25-16-6-8-17(9-7-16)26-20-5-3-4-10-22-20/h3-13H,1-2H3,(H,23,24,25). The van der Waals surface area contributed by atoms with Crippen LogP contribution >= 0.6 is 0 Å². The second-order valence-electron chi connectivity index (χ2n) is 6.10. The molecule has 0 bridgehead atoms. The van der Waals surface area contributed by atoms with E-state index in [1.807, 2.05) is 42.5 Å². The summed E-state index contributed by atoms with van der Waals surface area (Å²) in [6.07, 6.45) is 3.28. The van der Waals surface area contributed by atoms with Gasteiger partial charge >= 0.3 is 0 Å². The highest BCUT2D eigenvalue weighted by atomic mass is 16.5. The van der Waals surface area contributed by atoms with E-state index in [-0.39, 0.29) is 0 Å². The molecule has 0 aliphatic rings. The number of rotatable bonds is 4. The zero-order chi connectivity index (χ0) is 17.9. The van der Waals surface area contributed by atoms with Gasteiger partial charge in [0.1, 0.15) is 17.9 Å². The number of pyridine rings is 1. The molecule has 0 aliphatic heterocycles. The predicted octanol–water partition coefficient (Wildman–Crippen LogP) is 5.18. The van der Waals surface area contributed by atoms with Crippen LogP contribution in [0.2, 0.25) is 0 Å². The first kappa shape index (κ1) is 16.0. The van der Waals surface area contributed by atoms with Gasteiger partial charge in [0, 0.05) is 23.3 Å². The molecule has 0 aliphatic carbocycles. The number of nitrogens with zero attached hydrogens (tertiary/aromatic N) is 3. The molecule has 0 saturated carbocycles. The highest BCUT2D eigenvalue weighted by Crippen LogP contribution is 2.27. The highest BCUT2D eigenvalue weighted by molar-refractivity contribution is 5.91. The molecular formula is C21H18N4O. The second-order valence-corrected chi connectivity index (χ2v) is 6.10. The first-order valence-electron chi connectivity index (χ1n) is 8.37. The summed E-state index contributed by atoms with van der Waals surface area (Å²) in [5.74, 6) is 2.09. The molecule has 4 rings (SSSR count). The minimum atomic E-state index is 0.570. The number of fused-ring (bicyclic) bond motifs is 1. The van der Waals surface area contributed by atoms with Crippen molar-refractivity contribution in [3.8, 4) is 11.6 Å². The van der Waals surface area contributed by atoms with E-state index in [0.29, 0.717) is 5.88 Å². The van der Waals surface area contributed by atoms with Crippen LogP contribution in [-0.2, 0) is 0 Å². The summed E-state index contributed by atoms with van der Waals surface area (Å²) >= 11 is 0. The molecule has 0 amide bonds. The molecule has 0 saturated heterocycles. The van der Waals surface area contributed by atoms with Gasteiger partial charge < -0.3 is 10.1 Å². The average Bonchev–Trinajstić information content (AvgIpc) is 2.66. The first-order chi connectivity index (χ1) is 12.7. The Morgan fingerprint density at radius 1 is 0.846 bits per heavy atom. The van der Waals surface area contributed by atoms with Gasteiger partial charge in [0.05, 0.1) is 5.52 Å². The Balaban J connectivity index is 1.58. The van der Waals surface area contributed by atoms with Crippen LogP contribution in [0.4, 0.5) is 11.5 Å². The third-order valence-corrected chi connectivity index (χ3v) is 4.23. The van der Waals surface area contributed by atoms with E-state index in [2.05, 4.69) is 46.2 Å².